The molecule has 1 N–H and O–H groups in total. The smallest absolute Gasteiger partial charge is 0.129 e. The zero-order chi connectivity index (χ0) is 14.1. The largest absolute Gasteiger partial charge is 0.497 e. The van der Waals surface area contributed by atoms with Gasteiger partial charge in [-0.15, -0.1) is 0 Å². The molecular formula is C17H24O3. The fraction of sp³-hybridized carbons (Fsp3) is 0.647. The van der Waals surface area contributed by atoms with Crippen molar-refractivity contribution in [2.75, 3.05) is 7.11 Å². The predicted octanol–water partition coefficient (Wildman–Crippen LogP) is 3.71. The Balaban J connectivity index is 1.77. The number of hydrogen-bond donors (Lipinski definition) is 1. The van der Waals surface area contributed by atoms with E-state index in [1.165, 1.54) is 25.7 Å². The van der Waals surface area contributed by atoms with Crippen molar-refractivity contribution in [2.45, 2.75) is 51.2 Å². The maximum absolute atomic E-state index is 10.4. The molecule has 3 rings (SSSR count). The van der Waals surface area contributed by atoms with Gasteiger partial charge in [0.2, 0.25) is 0 Å². The Morgan fingerprint density at radius 3 is 2.65 bits per heavy atom. The molecule has 1 aromatic rings. The molecule has 3 heteroatoms. The number of fused-ring (bicyclic) bond motifs is 1. The summed E-state index contributed by atoms with van der Waals surface area (Å²) in [7, 11) is 1.65. The Morgan fingerprint density at radius 2 is 1.95 bits per heavy atom. The number of methoxy groups -OCH3 is 1. The molecule has 1 aliphatic carbocycles. The molecule has 0 radical (unpaired) electrons. The van der Waals surface area contributed by atoms with E-state index in [0.717, 1.165) is 29.4 Å². The average Bonchev–Trinajstić information content (AvgIpc) is 2.47. The fourth-order valence-electron chi connectivity index (χ4n) is 3.52. The Morgan fingerprint density at radius 1 is 1.20 bits per heavy atom. The summed E-state index contributed by atoms with van der Waals surface area (Å²) >= 11 is 0. The van der Waals surface area contributed by atoms with Gasteiger partial charge in [-0.3, -0.25) is 0 Å². The first-order valence-corrected chi connectivity index (χ1v) is 7.70. The average molecular weight is 276 g/mol. The SMILES string of the molecule is COc1ccc2c(c1)OC(C1CCC(C)CC1)C[C@H]2O. The van der Waals surface area contributed by atoms with Gasteiger partial charge >= 0.3 is 0 Å². The van der Waals surface area contributed by atoms with Crippen LogP contribution >= 0.6 is 0 Å². The molecule has 1 aromatic carbocycles. The number of aliphatic hydroxyl groups is 1. The molecule has 0 spiro atoms. The van der Waals surface area contributed by atoms with Crippen LogP contribution in [-0.2, 0) is 0 Å². The van der Waals surface area contributed by atoms with Gasteiger partial charge in [-0.25, -0.2) is 0 Å². The summed E-state index contributed by atoms with van der Waals surface area (Å²) in [6.45, 7) is 2.33. The van der Waals surface area contributed by atoms with E-state index in [4.69, 9.17) is 9.47 Å². The van der Waals surface area contributed by atoms with Gasteiger partial charge in [-0.05, 0) is 36.8 Å². The lowest BCUT2D eigenvalue weighted by atomic mass is 9.78. The quantitative estimate of drug-likeness (QED) is 0.895. The van der Waals surface area contributed by atoms with Crippen LogP contribution in [0.5, 0.6) is 11.5 Å². The molecule has 1 saturated carbocycles. The lowest BCUT2D eigenvalue weighted by molar-refractivity contribution is 0.0192. The van der Waals surface area contributed by atoms with Crippen LogP contribution in [0.4, 0.5) is 0 Å². The van der Waals surface area contributed by atoms with Gasteiger partial charge in [0, 0.05) is 18.1 Å². The number of aliphatic hydroxyl groups excluding tert-OH is 1. The van der Waals surface area contributed by atoms with Crippen molar-refractivity contribution in [1.29, 1.82) is 0 Å². The first-order chi connectivity index (χ1) is 9.67. The van der Waals surface area contributed by atoms with E-state index >= 15 is 0 Å². The Kier molecular flexibility index (Phi) is 3.88. The summed E-state index contributed by atoms with van der Waals surface area (Å²) in [5.41, 5.74) is 0.895. The van der Waals surface area contributed by atoms with Crippen LogP contribution in [0, 0.1) is 11.8 Å². The van der Waals surface area contributed by atoms with E-state index in [1.807, 2.05) is 18.2 Å². The lowest BCUT2D eigenvalue weighted by Crippen LogP contribution is -2.34. The van der Waals surface area contributed by atoms with Crippen molar-refractivity contribution in [2.24, 2.45) is 11.8 Å². The number of rotatable bonds is 2. The lowest BCUT2D eigenvalue weighted by Gasteiger charge is -2.37. The minimum absolute atomic E-state index is 0.150. The van der Waals surface area contributed by atoms with Crippen molar-refractivity contribution >= 4 is 0 Å². The van der Waals surface area contributed by atoms with Crippen molar-refractivity contribution in [3.63, 3.8) is 0 Å². The highest BCUT2D eigenvalue weighted by molar-refractivity contribution is 5.43. The minimum Gasteiger partial charge on any atom is -0.497 e. The maximum atomic E-state index is 10.4. The van der Waals surface area contributed by atoms with Gasteiger partial charge in [0.05, 0.1) is 13.2 Å². The molecule has 0 saturated heterocycles. The monoisotopic (exact) mass is 276 g/mol. The van der Waals surface area contributed by atoms with Crippen molar-refractivity contribution in [1.82, 2.24) is 0 Å². The van der Waals surface area contributed by atoms with Gasteiger partial charge < -0.3 is 14.6 Å². The first kappa shape index (κ1) is 13.7. The molecule has 2 aliphatic rings. The minimum atomic E-state index is -0.408. The molecule has 1 fully saturated rings. The molecule has 2 atom stereocenters. The molecule has 1 heterocycles. The molecule has 3 nitrogen and oxygen atoms in total. The van der Waals surface area contributed by atoms with E-state index in [9.17, 15) is 5.11 Å². The van der Waals surface area contributed by atoms with Crippen molar-refractivity contribution < 1.29 is 14.6 Å². The van der Waals surface area contributed by atoms with Gasteiger partial charge in [0.15, 0.2) is 0 Å². The number of benzene rings is 1. The second-order valence-corrected chi connectivity index (χ2v) is 6.33. The highest BCUT2D eigenvalue weighted by Crippen LogP contribution is 2.42. The Bertz CT molecular complexity index is 463. The number of hydrogen-bond acceptors (Lipinski definition) is 3. The normalized spacial score (nSPS) is 33.1. The van der Waals surface area contributed by atoms with Crippen LogP contribution in [0.1, 0.15) is 50.7 Å². The van der Waals surface area contributed by atoms with Crippen molar-refractivity contribution in [3.05, 3.63) is 23.8 Å². The van der Waals surface area contributed by atoms with Crippen LogP contribution in [0.3, 0.4) is 0 Å². The van der Waals surface area contributed by atoms with E-state index < -0.39 is 6.10 Å². The van der Waals surface area contributed by atoms with Crippen LogP contribution in [0.2, 0.25) is 0 Å². The Labute approximate surface area is 120 Å². The predicted molar refractivity (Wildman–Crippen MR) is 78.1 cm³/mol. The highest BCUT2D eigenvalue weighted by atomic mass is 16.5. The second kappa shape index (κ2) is 5.65. The standard InChI is InChI=1S/C17H24O3/c1-11-3-5-12(6-4-11)16-10-15(18)14-8-7-13(19-2)9-17(14)20-16/h7-9,11-12,15-16,18H,3-6,10H2,1-2H3/t11?,12?,15-,16?/m1/s1. The Hall–Kier alpha value is -1.22. The summed E-state index contributed by atoms with van der Waals surface area (Å²) in [6, 6.07) is 5.70. The molecule has 0 amide bonds. The summed E-state index contributed by atoms with van der Waals surface area (Å²) in [5, 5.41) is 10.4. The molecule has 1 unspecified atom stereocenters. The molecule has 20 heavy (non-hydrogen) atoms. The second-order valence-electron chi connectivity index (χ2n) is 6.33. The third-order valence-electron chi connectivity index (χ3n) is 4.90. The van der Waals surface area contributed by atoms with E-state index in [-0.39, 0.29) is 6.10 Å². The van der Waals surface area contributed by atoms with Gasteiger partial charge in [-0.1, -0.05) is 19.8 Å². The topological polar surface area (TPSA) is 38.7 Å². The van der Waals surface area contributed by atoms with E-state index in [0.29, 0.717) is 5.92 Å². The fourth-order valence-corrected chi connectivity index (χ4v) is 3.52. The van der Waals surface area contributed by atoms with Crippen LogP contribution in [-0.4, -0.2) is 18.3 Å². The van der Waals surface area contributed by atoms with Crippen LogP contribution < -0.4 is 9.47 Å². The number of ether oxygens (including phenoxy) is 2. The van der Waals surface area contributed by atoms with Gasteiger partial charge in [0.1, 0.15) is 17.6 Å². The van der Waals surface area contributed by atoms with Crippen molar-refractivity contribution in [3.8, 4) is 11.5 Å². The molecule has 0 bridgehead atoms. The maximum Gasteiger partial charge on any atom is 0.129 e. The molecule has 0 aromatic heterocycles. The van der Waals surface area contributed by atoms with Gasteiger partial charge in [0.25, 0.3) is 0 Å². The zero-order valence-electron chi connectivity index (χ0n) is 12.3. The highest BCUT2D eigenvalue weighted by Gasteiger charge is 2.34. The van der Waals surface area contributed by atoms with Gasteiger partial charge in [-0.2, -0.15) is 0 Å². The van der Waals surface area contributed by atoms with Crippen LogP contribution in [0.15, 0.2) is 18.2 Å². The van der Waals surface area contributed by atoms with E-state index in [1.54, 1.807) is 7.11 Å². The zero-order valence-corrected chi connectivity index (χ0v) is 12.3. The molecule has 1 aliphatic heterocycles. The molecule has 110 valence electrons. The molecular weight excluding hydrogens is 252 g/mol. The third kappa shape index (κ3) is 2.64. The third-order valence-corrected chi connectivity index (χ3v) is 4.90. The summed E-state index contributed by atoms with van der Waals surface area (Å²) < 4.78 is 11.4. The summed E-state index contributed by atoms with van der Waals surface area (Å²) in [5.74, 6) is 3.01. The van der Waals surface area contributed by atoms with E-state index in [2.05, 4.69) is 6.92 Å². The first-order valence-electron chi connectivity index (χ1n) is 7.70. The summed E-state index contributed by atoms with van der Waals surface area (Å²) in [4.78, 5) is 0. The van der Waals surface area contributed by atoms with Crippen LogP contribution in [0.25, 0.3) is 0 Å². The summed E-state index contributed by atoms with van der Waals surface area (Å²) in [6.07, 6.45) is 5.47.